The number of anilines is 1. The zero-order chi connectivity index (χ0) is 15.3. The number of rotatable bonds is 4. The zero-order valence-corrected chi connectivity index (χ0v) is 11.1. The van der Waals surface area contributed by atoms with Crippen molar-refractivity contribution in [2.75, 3.05) is 25.0 Å². The number of hydrogen-bond acceptors (Lipinski definition) is 3. The molecule has 0 aromatic heterocycles. The lowest BCUT2D eigenvalue weighted by molar-refractivity contribution is -0.137. The molecule has 1 N–H and O–H groups in total. The van der Waals surface area contributed by atoms with Crippen LogP contribution >= 0.6 is 0 Å². The maximum Gasteiger partial charge on any atom is 0.417 e. The summed E-state index contributed by atoms with van der Waals surface area (Å²) in [6, 6.07) is 4.93. The van der Waals surface area contributed by atoms with E-state index in [0.717, 1.165) is 12.1 Å². The fourth-order valence-electron chi connectivity index (χ4n) is 1.70. The molecule has 1 aromatic carbocycles. The fraction of sp³-hybridized carbons (Fsp3) is 0.385. The lowest BCUT2D eigenvalue weighted by atomic mass is 10.1. The first-order valence-corrected chi connectivity index (χ1v) is 5.90. The Morgan fingerprint density at radius 1 is 1.45 bits per heavy atom. The number of carbonyl (C=O) groups is 1. The second kappa shape index (κ2) is 6.28. The van der Waals surface area contributed by atoms with E-state index in [4.69, 9.17) is 5.26 Å². The minimum Gasteiger partial charge on any atom is -0.362 e. The Balaban J connectivity index is 3.19. The molecule has 0 radical (unpaired) electrons. The summed E-state index contributed by atoms with van der Waals surface area (Å²) in [6.07, 6.45) is -4.60. The molecule has 20 heavy (non-hydrogen) atoms. The fourth-order valence-corrected chi connectivity index (χ4v) is 1.70. The predicted molar refractivity (Wildman–Crippen MR) is 68.1 cm³/mol. The maximum atomic E-state index is 12.9. The summed E-state index contributed by atoms with van der Waals surface area (Å²) in [5.74, 6) is -0.301. The molecule has 0 unspecified atom stereocenters. The molecule has 0 aliphatic rings. The van der Waals surface area contributed by atoms with Crippen molar-refractivity contribution in [1.82, 2.24) is 5.32 Å². The van der Waals surface area contributed by atoms with E-state index >= 15 is 0 Å². The van der Waals surface area contributed by atoms with E-state index in [2.05, 4.69) is 5.32 Å². The van der Waals surface area contributed by atoms with Gasteiger partial charge < -0.3 is 10.2 Å². The predicted octanol–water partition coefficient (Wildman–Crippen LogP) is 2.15. The minimum absolute atomic E-state index is 0.0454. The Kier molecular flexibility index (Phi) is 4.97. The van der Waals surface area contributed by atoms with Gasteiger partial charge in [-0.1, -0.05) is 0 Å². The summed E-state index contributed by atoms with van der Waals surface area (Å²) in [6.45, 7) is 2.06. The number of halogens is 3. The monoisotopic (exact) mass is 285 g/mol. The topological polar surface area (TPSA) is 56.1 Å². The average molecular weight is 285 g/mol. The van der Waals surface area contributed by atoms with Crippen LogP contribution in [0, 0.1) is 11.3 Å². The molecule has 0 saturated heterocycles. The highest BCUT2D eigenvalue weighted by Crippen LogP contribution is 2.34. The van der Waals surface area contributed by atoms with Crippen molar-refractivity contribution >= 4 is 11.6 Å². The Morgan fingerprint density at radius 3 is 2.55 bits per heavy atom. The van der Waals surface area contributed by atoms with Crippen LogP contribution in [-0.4, -0.2) is 26.0 Å². The molecule has 0 spiro atoms. The first kappa shape index (κ1) is 15.8. The smallest absolute Gasteiger partial charge is 0.362 e. The number of likely N-dealkylation sites (N-methyl/N-ethyl adjacent to an activating group) is 2. The van der Waals surface area contributed by atoms with Gasteiger partial charge in [0.2, 0.25) is 5.91 Å². The standard InChI is InChI=1S/C13H14F3N3O/c1-3-19(8-12(20)18-2)10-5-4-9(7-17)11(6-10)13(14,15)16/h4-6H,3,8H2,1-2H3,(H,18,20). The van der Waals surface area contributed by atoms with Gasteiger partial charge in [-0.15, -0.1) is 0 Å². The van der Waals surface area contributed by atoms with Crippen LogP contribution in [0.4, 0.5) is 18.9 Å². The number of amides is 1. The summed E-state index contributed by atoms with van der Waals surface area (Å²) < 4.78 is 38.6. The Bertz CT molecular complexity index is 535. The van der Waals surface area contributed by atoms with Gasteiger partial charge in [0.05, 0.1) is 23.7 Å². The normalized spacial score (nSPS) is 10.8. The highest BCUT2D eigenvalue weighted by Gasteiger charge is 2.34. The number of nitriles is 1. The van der Waals surface area contributed by atoms with Gasteiger partial charge in [0.1, 0.15) is 0 Å². The van der Waals surface area contributed by atoms with E-state index in [9.17, 15) is 18.0 Å². The van der Waals surface area contributed by atoms with Gasteiger partial charge >= 0.3 is 6.18 Å². The van der Waals surface area contributed by atoms with Crippen molar-refractivity contribution in [3.05, 3.63) is 29.3 Å². The van der Waals surface area contributed by atoms with Crippen molar-refractivity contribution in [3.8, 4) is 6.07 Å². The van der Waals surface area contributed by atoms with E-state index in [1.54, 1.807) is 6.92 Å². The molecular formula is C13H14F3N3O. The van der Waals surface area contributed by atoms with Crippen molar-refractivity contribution < 1.29 is 18.0 Å². The Hall–Kier alpha value is -2.23. The minimum atomic E-state index is -4.60. The van der Waals surface area contributed by atoms with Crippen LogP contribution in [0.15, 0.2) is 18.2 Å². The van der Waals surface area contributed by atoms with Crippen LogP contribution in [0.25, 0.3) is 0 Å². The van der Waals surface area contributed by atoms with Crippen molar-refractivity contribution in [2.24, 2.45) is 0 Å². The number of hydrogen-bond donors (Lipinski definition) is 1. The van der Waals surface area contributed by atoms with Crippen LogP contribution in [-0.2, 0) is 11.0 Å². The van der Waals surface area contributed by atoms with Gasteiger partial charge in [0, 0.05) is 19.3 Å². The number of nitrogens with zero attached hydrogens (tertiary/aromatic N) is 2. The third kappa shape index (κ3) is 3.63. The molecule has 7 heteroatoms. The molecule has 0 fully saturated rings. The average Bonchev–Trinajstić information content (AvgIpc) is 2.42. The molecule has 4 nitrogen and oxygen atoms in total. The molecule has 0 bridgehead atoms. The molecule has 1 rings (SSSR count). The van der Waals surface area contributed by atoms with Crippen LogP contribution in [0.5, 0.6) is 0 Å². The summed E-state index contributed by atoms with van der Waals surface area (Å²) in [4.78, 5) is 12.8. The molecule has 0 aliphatic heterocycles. The molecule has 1 aromatic rings. The van der Waals surface area contributed by atoms with Crippen LogP contribution in [0.3, 0.4) is 0 Å². The third-order valence-electron chi connectivity index (χ3n) is 2.79. The van der Waals surface area contributed by atoms with Gasteiger partial charge in [-0.05, 0) is 25.1 Å². The SMILES string of the molecule is CCN(CC(=O)NC)c1ccc(C#N)c(C(F)(F)F)c1. The molecule has 0 aliphatic carbocycles. The van der Waals surface area contributed by atoms with E-state index in [1.165, 1.54) is 24.1 Å². The van der Waals surface area contributed by atoms with Gasteiger partial charge in [0.15, 0.2) is 0 Å². The number of nitrogens with one attached hydrogen (secondary N) is 1. The van der Waals surface area contributed by atoms with Gasteiger partial charge in [0.25, 0.3) is 0 Å². The Labute approximate surface area is 114 Å². The molecular weight excluding hydrogens is 271 g/mol. The molecule has 1 amide bonds. The van der Waals surface area contributed by atoms with E-state index in [0.29, 0.717) is 6.54 Å². The summed E-state index contributed by atoms with van der Waals surface area (Å²) in [5, 5.41) is 11.1. The number of benzene rings is 1. The van der Waals surface area contributed by atoms with E-state index < -0.39 is 17.3 Å². The first-order valence-electron chi connectivity index (χ1n) is 5.90. The second-order valence-corrected chi connectivity index (χ2v) is 4.03. The van der Waals surface area contributed by atoms with E-state index in [1.807, 2.05) is 0 Å². The summed E-state index contributed by atoms with van der Waals surface area (Å²) in [7, 11) is 1.45. The van der Waals surface area contributed by atoms with Crippen LogP contribution in [0.2, 0.25) is 0 Å². The summed E-state index contributed by atoms with van der Waals surface area (Å²) >= 11 is 0. The van der Waals surface area contributed by atoms with E-state index in [-0.39, 0.29) is 18.1 Å². The van der Waals surface area contributed by atoms with Gasteiger partial charge in [-0.3, -0.25) is 4.79 Å². The summed E-state index contributed by atoms with van der Waals surface area (Å²) in [5.41, 5.74) is -1.17. The number of alkyl halides is 3. The highest BCUT2D eigenvalue weighted by atomic mass is 19.4. The van der Waals surface area contributed by atoms with Crippen LogP contribution < -0.4 is 10.2 Å². The van der Waals surface area contributed by atoms with Crippen molar-refractivity contribution in [1.29, 1.82) is 5.26 Å². The zero-order valence-electron chi connectivity index (χ0n) is 11.1. The lowest BCUT2D eigenvalue weighted by Crippen LogP contribution is -2.35. The first-order chi connectivity index (χ1) is 9.33. The molecule has 0 atom stereocenters. The third-order valence-corrected chi connectivity index (χ3v) is 2.79. The molecule has 0 saturated carbocycles. The molecule has 108 valence electrons. The number of carbonyl (C=O) groups excluding carboxylic acids is 1. The van der Waals surface area contributed by atoms with Crippen molar-refractivity contribution in [3.63, 3.8) is 0 Å². The quantitative estimate of drug-likeness (QED) is 0.922. The van der Waals surface area contributed by atoms with Crippen molar-refractivity contribution in [2.45, 2.75) is 13.1 Å². The van der Waals surface area contributed by atoms with Gasteiger partial charge in [-0.25, -0.2) is 0 Å². The molecule has 0 heterocycles. The maximum absolute atomic E-state index is 12.9. The second-order valence-electron chi connectivity index (χ2n) is 4.03. The highest BCUT2D eigenvalue weighted by molar-refractivity contribution is 5.81. The largest absolute Gasteiger partial charge is 0.417 e. The Morgan fingerprint density at radius 2 is 2.10 bits per heavy atom. The lowest BCUT2D eigenvalue weighted by Gasteiger charge is -2.23. The van der Waals surface area contributed by atoms with Crippen LogP contribution in [0.1, 0.15) is 18.1 Å². The van der Waals surface area contributed by atoms with Gasteiger partial charge in [-0.2, -0.15) is 18.4 Å².